The summed E-state index contributed by atoms with van der Waals surface area (Å²) >= 11 is 4.54. The summed E-state index contributed by atoms with van der Waals surface area (Å²) in [5.41, 5.74) is 1.72. The summed E-state index contributed by atoms with van der Waals surface area (Å²) in [6.45, 7) is 5.76. The highest BCUT2D eigenvalue weighted by Gasteiger charge is 2.17. The normalized spacial score (nSPS) is 10.5. The lowest BCUT2D eigenvalue weighted by atomic mass is 10.1. The van der Waals surface area contributed by atoms with Gasteiger partial charge in [-0.3, -0.25) is 10.1 Å². The Hall–Kier alpha value is -3.02. The lowest BCUT2D eigenvalue weighted by Gasteiger charge is -2.20. The zero-order chi connectivity index (χ0) is 19.9. The minimum atomic E-state index is -0.614. The first-order valence-electron chi connectivity index (χ1n) is 8.31. The minimum absolute atomic E-state index is 0.293. The Bertz CT molecular complexity index is 867. The molecule has 140 valence electrons. The van der Waals surface area contributed by atoms with Gasteiger partial charge in [0.25, 0.3) is 5.91 Å². The highest BCUT2D eigenvalue weighted by Crippen LogP contribution is 2.23. The number of anilines is 2. The summed E-state index contributed by atoms with van der Waals surface area (Å²) in [7, 11) is 0. The van der Waals surface area contributed by atoms with E-state index in [1.54, 1.807) is 69.3 Å². The zero-order valence-electron chi connectivity index (χ0n) is 15.4. The number of carbonyl (C=O) groups excluding carboxylic acids is 2. The molecule has 0 atom stereocenters. The molecule has 2 aromatic carbocycles. The van der Waals surface area contributed by atoms with Gasteiger partial charge in [-0.1, -0.05) is 24.3 Å². The molecule has 0 aromatic heterocycles. The Morgan fingerprint density at radius 1 is 1.04 bits per heavy atom. The molecule has 0 unspecified atom stereocenters. The lowest BCUT2D eigenvalue weighted by Crippen LogP contribution is -2.27. The maximum atomic E-state index is 12.5. The maximum Gasteiger partial charge on any atom is 0.412 e. The van der Waals surface area contributed by atoms with Gasteiger partial charge in [0.15, 0.2) is 0 Å². The van der Waals surface area contributed by atoms with E-state index >= 15 is 0 Å². The summed E-state index contributed by atoms with van der Waals surface area (Å²) in [5.74, 6) is -0.293. The Labute approximate surface area is 163 Å². The van der Waals surface area contributed by atoms with Crippen LogP contribution in [-0.2, 0) is 11.3 Å². The van der Waals surface area contributed by atoms with Gasteiger partial charge in [-0.05, 0) is 62.8 Å². The van der Waals surface area contributed by atoms with E-state index in [9.17, 15) is 9.59 Å². The number of carbonyl (C=O) groups is 2. The van der Waals surface area contributed by atoms with Crippen LogP contribution in [-0.4, -0.2) is 22.8 Å². The first-order chi connectivity index (χ1) is 12.8. The zero-order valence-corrected chi connectivity index (χ0v) is 16.2. The van der Waals surface area contributed by atoms with Gasteiger partial charge in [0.2, 0.25) is 0 Å². The first kappa shape index (κ1) is 20.3. The molecule has 0 aliphatic heterocycles. The number of rotatable bonds is 5. The number of hydrogen-bond donors (Lipinski definition) is 2. The summed E-state index contributed by atoms with van der Waals surface area (Å²) in [5, 5.41) is 7.75. The second-order valence-corrected chi connectivity index (χ2v) is 6.91. The summed E-state index contributed by atoms with van der Waals surface area (Å²) in [4.78, 5) is 28.4. The summed E-state index contributed by atoms with van der Waals surface area (Å²) in [6, 6.07) is 13.9. The first-order valence-corrected chi connectivity index (χ1v) is 8.72. The second-order valence-electron chi connectivity index (χ2n) is 6.73. The SMILES string of the molecule is CC(C)(C)OC(=O)Nc1ccccc1NC(=O)c1ccc(CN=C=S)cc1. The second kappa shape index (κ2) is 9.07. The standard InChI is InChI=1S/C20H21N3O3S/c1-20(2,3)26-19(25)23-17-7-5-4-6-16(17)22-18(24)15-10-8-14(9-11-15)12-21-13-27/h4-11H,12H2,1-3H3,(H,22,24)(H,23,25). The molecular weight excluding hydrogens is 362 g/mol. The number of hydrogen-bond acceptors (Lipinski definition) is 5. The van der Waals surface area contributed by atoms with Gasteiger partial charge in [0, 0.05) is 5.56 Å². The molecule has 27 heavy (non-hydrogen) atoms. The number of benzene rings is 2. The highest BCUT2D eigenvalue weighted by molar-refractivity contribution is 7.78. The van der Waals surface area contributed by atoms with E-state index in [1.807, 2.05) is 0 Å². The monoisotopic (exact) mass is 383 g/mol. The van der Waals surface area contributed by atoms with E-state index in [0.717, 1.165) is 5.56 Å². The number of nitrogens with zero attached hydrogens (tertiary/aromatic N) is 1. The van der Waals surface area contributed by atoms with Crippen molar-refractivity contribution in [2.75, 3.05) is 10.6 Å². The van der Waals surface area contributed by atoms with Crippen molar-refractivity contribution in [3.05, 3.63) is 59.7 Å². The molecule has 2 amide bonds. The smallest absolute Gasteiger partial charge is 0.412 e. The Morgan fingerprint density at radius 2 is 1.63 bits per heavy atom. The molecule has 0 bridgehead atoms. The van der Waals surface area contributed by atoms with Crippen LogP contribution in [0.2, 0.25) is 0 Å². The van der Waals surface area contributed by atoms with Crippen LogP contribution in [0.3, 0.4) is 0 Å². The third kappa shape index (κ3) is 6.66. The van der Waals surface area contributed by atoms with E-state index in [0.29, 0.717) is 23.5 Å². The van der Waals surface area contributed by atoms with Crippen molar-refractivity contribution in [2.45, 2.75) is 32.9 Å². The van der Waals surface area contributed by atoms with Crippen molar-refractivity contribution in [3.63, 3.8) is 0 Å². The van der Waals surface area contributed by atoms with Crippen molar-refractivity contribution >= 4 is 40.8 Å². The number of para-hydroxylation sites is 2. The van der Waals surface area contributed by atoms with Gasteiger partial charge in [-0.15, -0.1) is 0 Å². The quantitative estimate of drug-likeness (QED) is 0.569. The van der Waals surface area contributed by atoms with Gasteiger partial charge in [0.1, 0.15) is 5.60 Å². The molecule has 0 aliphatic rings. The van der Waals surface area contributed by atoms with Crippen molar-refractivity contribution in [2.24, 2.45) is 4.99 Å². The van der Waals surface area contributed by atoms with Crippen LogP contribution in [0.1, 0.15) is 36.7 Å². The lowest BCUT2D eigenvalue weighted by molar-refractivity contribution is 0.0635. The van der Waals surface area contributed by atoms with Gasteiger partial charge < -0.3 is 10.1 Å². The van der Waals surface area contributed by atoms with E-state index < -0.39 is 11.7 Å². The third-order valence-electron chi connectivity index (χ3n) is 3.35. The van der Waals surface area contributed by atoms with Crippen molar-refractivity contribution < 1.29 is 14.3 Å². The predicted octanol–water partition coefficient (Wildman–Crippen LogP) is 4.89. The Kier molecular flexibility index (Phi) is 6.82. The molecule has 0 saturated carbocycles. The van der Waals surface area contributed by atoms with E-state index in [4.69, 9.17) is 4.74 Å². The molecule has 0 radical (unpaired) electrons. The number of thiocarbonyl (C=S) groups is 1. The van der Waals surface area contributed by atoms with E-state index in [-0.39, 0.29) is 5.91 Å². The molecule has 2 N–H and O–H groups in total. The molecule has 0 spiro atoms. The van der Waals surface area contributed by atoms with Crippen LogP contribution < -0.4 is 10.6 Å². The van der Waals surface area contributed by atoms with Crippen LogP contribution in [0.5, 0.6) is 0 Å². The molecule has 7 heteroatoms. The van der Waals surface area contributed by atoms with Crippen LogP contribution in [0.25, 0.3) is 0 Å². The Morgan fingerprint density at radius 3 is 2.19 bits per heavy atom. The maximum absolute atomic E-state index is 12.5. The molecule has 0 saturated heterocycles. The highest BCUT2D eigenvalue weighted by atomic mass is 32.1. The number of nitrogens with one attached hydrogen (secondary N) is 2. The molecule has 2 rings (SSSR count). The Balaban J connectivity index is 2.09. The fourth-order valence-electron chi connectivity index (χ4n) is 2.19. The average molecular weight is 383 g/mol. The summed E-state index contributed by atoms with van der Waals surface area (Å²) < 4.78 is 5.25. The van der Waals surface area contributed by atoms with Gasteiger partial charge in [-0.2, -0.15) is 0 Å². The van der Waals surface area contributed by atoms with Gasteiger partial charge in [0.05, 0.1) is 23.1 Å². The van der Waals surface area contributed by atoms with Crippen LogP contribution in [0.15, 0.2) is 53.5 Å². The fourth-order valence-corrected chi connectivity index (χ4v) is 2.26. The molecular formula is C20H21N3O3S. The van der Waals surface area contributed by atoms with Crippen LogP contribution in [0.4, 0.5) is 16.2 Å². The van der Waals surface area contributed by atoms with Crippen molar-refractivity contribution in [1.29, 1.82) is 0 Å². The molecule has 0 heterocycles. The van der Waals surface area contributed by atoms with Gasteiger partial charge in [-0.25, -0.2) is 9.79 Å². The summed E-state index contributed by atoms with van der Waals surface area (Å²) in [6.07, 6.45) is -0.590. The van der Waals surface area contributed by atoms with E-state index in [1.165, 1.54) is 0 Å². The van der Waals surface area contributed by atoms with Crippen LogP contribution >= 0.6 is 12.2 Å². The number of ether oxygens (including phenoxy) is 1. The average Bonchev–Trinajstić information content (AvgIpc) is 2.60. The largest absolute Gasteiger partial charge is 0.444 e. The third-order valence-corrected chi connectivity index (χ3v) is 3.48. The molecule has 2 aromatic rings. The van der Waals surface area contributed by atoms with E-state index in [2.05, 4.69) is 33.0 Å². The molecule has 6 nitrogen and oxygen atoms in total. The fraction of sp³-hybridized carbons (Fsp3) is 0.250. The minimum Gasteiger partial charge on any atom is -0.444 e. The molecule has 0 aliphatic carbocycles. The number of amides is 2. The van der Waals surface area contributed by atoms with Crippen LogP contribution in [0, 0.1) is 0 Å². The van der Waals surface area contributed by atoms with Crippen molar-refractivity contribution in [1.82, 2.24) is 0 Å². The number of aliphatic imine (C=N–C) groups is 1. The van der Waals surface area contributed by atoms with Gasteiger partial charge >= 0.3 is 6.09 Å². The van der Waals surface area contributed by atoms with Crippen molar-refractivity contribution in [3.8, 4) is 0 Å². The topological polar surface area (TPSA) is 79.8 Å². The predicted molar refractivity (Wildman–Crippen MR) is 109 cm³/mol. The molecule has 0 fully saturated rings. The number of isothiocyanates is 1.